The van der Waals surface area contributed by atoms with Crippen molar-refractivity contribution < 1.29 is 9.84 Å². The average molecular weight is 262 g/mol. The summed E-state index contributed by atoms with van der Waals surface area (Å²) >= 11 is 0. The van der Waals surface area contributed by atoms with Crippen LogP contribution in [0, 0.1) is 0 Å². The van der Waals surface area contributed by atoms with Gasteiger partial charge < -0.3 is 9.84 Å². The zero-order valence-electron chi connectivity index (χ0n) is 12.1. The summed E-state index contributed by atoms with van der Waals surface area (Å²) in [7, 11) is 0. The van der Waals surface area contributed by atoms with Crippen LogP contribution < -0.4 is 4.74 Å². The van der Waals surface area contributed by atoms with E-state index in [9.17, 15) is 5.11 Å². The molecule has 2 nitrogen and oxygen atoms in total. The Morgan fingerprint density at radius 2 is 2.05 bits per heavy atom. The molecule has 0 aliphatic carbocycles. The second-order valence-electron chi connectivity index (χ2n) is 5.18. The summed E-state index contributed by atoms with van der Waals surface area (Å²) < 4.78 is 5.64. The minimum absolute atomic E-state index is 0.159. The number of allylic oxidation sites excluding steroid dienone is 1. The average Bonchev–Trinajstić information content (AvgIpc) is 2.38. The molecule has 0 aromatic heterocycles. The van der Waals surface area contributed by atoms with Crippen LogP contribution in [0.3, 0.4) is 0 Å². The van der Waals surface area contributed by atoms with E-state index in [1.165, 1.54) is 0 Å². The van der Waals surface area contributed by atoms with E-state index in [0.29, 0.717) is 0 Å². The van der Waals surface area contributed by atoms with Crippen molar-refractivity contribution in [3.63, 3.8) is 0 Å². The molecular formula is C17H26O2. The van der Waals surface area contributed by atoms with Gasteiger partial charge in [-0.15, -0.1) is 6.58 Å². The highest BCUT2D eigenvalue weighted by atomic mass is 16.5. The molecule has 2 heteroatoms. The maximum absolute atomic E-state index is 10.2. The summed E-state index contributed by atoms with van der Waals surface area (Å²) in [4.78, 5) is 0. The first-order chi connectivity index (χ1) is 9.13. The molecule has 106 valence electrons. The van der Waals surface area contributed by atoms with Gasteiger partial charge in [0.15, 0.2) is 0 Å². The molecule has 1 rings (SSSR count). The van der Waals surface area contributed by atoms with E-state index in [2.05, 4.69) is 6.58 Å². The molecule has 1 unspecified atom stereocenters. The minimum Gasteiger partial charge on any atom is -0.491 e. The number of hydrogen-bond acceptors (Lipinski definition) is 2. The van der Waals surface area contributed by atoms with Crippen molar-refractivity contribution in [2.75, 3.05) is 0 Å². The topological polar surface area (TPSA) is 29.5 Å². The van der Waals surface area contributed by atoms with E-state index in [4.69, 9.17) is 4.74 Å². The first-order valence-electron chi connectivity index (χ1n) is 7.19. The quantitative estimate of drug-likeness (QED) is 0.519. The molecule has 1 aromatic carbocycles. The molecule has 0 aliphatic heterocycles. The van der Waals surface area contributed by atoms with Crippen LogP contribution >= 0.6 is 0 Å². The molecule has 1 aromatic rings. The van der Waals surface area contributed by atoms with Gasteiger partial charge in [0.25, 0.3) is 0 Å². The Balaban J connectivity index is 2.42. The largest absolute Gasteiger partial charge is 0.491 e. The molecule has 1 N–H and O–H groups in total. The van der Waals surface area contributed by atoms with Crippen molar-refractivity contribution in [2.24, 2.45) is 0 Å². The second-order valence-corrected chi connectivity index (χ2v) is 5.18. The molecule has 0 amide bonds. The van der Waals surface area contributed by atoms with Gasteiger partial charge in [-0.25, -0.2) is 0 Å². The van der Waals surface area contributed by atoms with Crippen molar-refractivity contribution in [3.05, 3.63) is 42.5 Å². The third-order valence-corrected chi connectivity index (χ3v) is 3.00. The van der Waals surface area contributed by atoms with Crippen LogP contribution in [0.4, 0.5) is 0 Å². The molecule has 0 saturated heterocycles. The normalized spacial score (nSPS) is 12.4. The van der Waals surface area contributed by atoms with E-state index in [-0.39, 0.29) is 12.2 Å². The Bertz CT molecular complexity index is 371. The zero-order chi connectivity index (χ0) is 14.1. The van der Waals surface area contributed by atoms with Crippen LogP contribution in [0.15, 0.2) is 36.9 Å². The fraction of sp³-hybridized carbons (Fsp3) is 0.529. The summed E-state index contributed by atoms with van der Waals surface area (Å²) in [5, 5.41) is 10.2. The number of aliphatic hydroxyl groups is 1. The van der Waals surface area contributed by atoms with E-state index in [1.54, 1.807) is 0 Å². The summed E-state index contributed by atoms with van der Waals surface area (Å²) in [6, 6.07) is 7.77. The highest BCUT2D eigenvalue weighted by Gasteiger charge is 2.08. The van der Waals surface area contributed by atoms with Gasteiger partial charge in [-0.3, -0.25) is 0 Å². The van der Waals surface area contributed by atoms with Crippen LogP contribution in [0.1, 0.15) is 57.6 Å². The number of unbranched alkanes of at least 4 members (excludes halogenated alkanes) is 3. The highest BCUT2D eigenvalue weighted by Crippen LogP contribution is 2.24. The molecule has 19 heavy (non-hydrogen) atoms. The molecule has 0 aliphatic rings. The summed E-state index contributed by atoms with van der Waals surface area (Å²) in [6.45, 7) is 7.72. The summed E-state index contributed by atoms with van der Waals surface area (Å²) in [6.07, 6.45) is 6.94. The number of hydrogen-bond donors (Lipinski definition) is 1. The van der Waals surface area contributed by atoms with Gasteiger partial charge in [-0.05, 0) is 50.8 Å². The van der Waals surface area contributed by atoms with Crippen LogP contribution in [-0.2, 0) is 0 Å². The lowest BCUT2D eigenvalue weighted by atomic mass is 10.0. The maximum atomic E-state index is 10.2. The Kier molecular flexibility index (Phi) is 7.27. The van der Waals surface area contributed by atoms with Crippen LogP contribution in [0.2, 0.25) is 0 Å². The molecule has 0 bridgehead atoms. The fourth-order valence-corrected chi connectivity index (χ4v) is 2.04. The van der Waals surface area contributed by atoms with Gasteiger partial charge in [0.1, 0.15) is 5.75 Å². The van der Waals surface area contributed by atoms with Crippen LogP contribution in [-0.4, -0.2) is 11.2 Å². The van der Waals surface area contributed by atoms with Gasteiger partial charge in [0.2, 0.25) is 0 Å². The van der Waals surface area contributed by atoms with E-state index < -0.39 is 0 Å². The lowest BCUT2D eigenvalue weighted by Gasteiger charge is -2.14. The molecule has 1 atom stereocenters. The minimum atomic E-state index is -0.389. The third-order valence-electron chi connectivity index (χ3n) is 3.00. The van der Waals surface area contributed by atoms with Crippen molar-refractivity contribution in [2.45, 2.75) is 58.2 Å². The molecule has 0 heterocycles. The van der Waals surface area contributed by atoms with E-state index >= 15 is 0 Å². The molecule has 0 fully saturated rings. The van der Waals surface area contributed by atoms with Gasteiger partial charge in [0, 0.05) is 0 Å². The lowest BCUT2D eigenvalue weighted by molar-refractivity contribution is 0.162. The van der Waals surface area contributed by atoms with Crippen molar-refractivity contribution in [1.29, 1.82) is 0 Å². The van der Waals surface area contributed by atoms with Gasteiger partial charge in [-0.1, -0.05) is 31.1 Å². The zero-order valence-corrected chi connectivity index (χ0v) is 12.1. The number of rotatable bonds is 9. The van der Waals surface area contributed by atoms with Gasteiger partial charge >= 0.3 is 0 Å². The standard InChI is InChI=1S/C17H26O2/c1-4-5-6-7-8-12-17(18)15-10-9-11-16(13-15)19-14(2)3/h4,9-11,13-14,17-18H,1,5-8,12H2,2-3H3. The molecular weight excluding hydrogens is 236 g/mol. The predicted molar refractivity (Wildman–Crippen MR) is 80.4 cm³/mol. The van der Waals surface area contributed by atoms with Crippen molar-refractivity contribution in [3.8, 4) is 5.75 Å². The smallest absolute Gasteiger partial charge is 0.120 e. The number of ether oxygens (including phenoxy) is 1. The highest BCUT2D eigenvalue weighted by molar-refractivity contribution is 5.30. The van der Waals surface area contributed by atoms with Crippen molar-refractivity contribution in [1.82, 2.24) is 0 Å². The lowest BCUT2D eigenvalue weighted by Crippen LogP contribution is -2.06. The SMILES string of the molecule is C=CCCCCCC(O)c1cccc(OC(C)C)c1. The monoisotopic (exact) mass is 262 g/mol. The molecule has 0 spiro atoms. The number of aliphatic hydroxyl groups excluding tert-OH is 1. The van der Waals surface area contributed by atoms with Gasteiger partial charge in [-0.2, -0.15) is 0 Å². The summed E-state index contributed by atoms with van der Waals surface area (Å²) in [5.74, 6) is 0.832. The van der Waals surface area contributed by atoms with E-state index in [1.807, 2.05) is 44.2 Å². The Hall–Kier alpha value is -1.28. The first-order valence-corrected chi connectivity index (χ1v) is 7.19. The van der Waals surface area contributed by atoms with E-state index in [0.717, 1.165) is 43.4 Å². The third kappa shape index (κ3) is 6.44. The van der Waals surface area contributed by atoms with Crippen LogP contribution in [0.5, 0.6) is 5.75 Å². The van der Waals surface area contributed by atoms with Crippen molar-refractivity contribution >= 4 is 0 Å². The molecule has 0 radical (unpaired) electrons. The fourth-order valence-electron chi connectivity index (χ4n) is 2.04. The Morgan fingerprint density at radius 3 is 2.74 bits per heavy atom. The maximum Gasteiger partial charge on any atom is 0.120 e. The summed E-state index contributed by atoms with van der Waals surface area (Å²) in [5.41, 5.74) is 0.946. The Labute approximate surface area is 117 Å². The second kappa shape index (κ2) is 8.76. The van der Waals surface area contributed by atoms with Gasteiger partial charge in [0.05, 0.1) is 12.2 Å². The Morgan fingerprint density at radius 1 is 1.26 bits per heavy atom. The predicted octanol–water partition coefficient (Wildman–Crippen LogP) is 4.64. The first kappa shape index (κ1) is 15.8. The molecule has 0 saturated carbocycles. The number of benzene rings is 1. The van der Waals surface area contributed by atoms with Crippen LogP contribution in [0.25, 0.3) is 0 Å².